The number of epoxide rings is 2. The van der Waals surface area contributed by atoms with Crippen LogP contribution in [0.15, 0.2) is 12.2 Å². The molecule has 1 spiro atoms. The molecule has 3 heterocycles. The third-order valence-corrected chi connectivity index (χ3v) is 6.68. The molecule has 9 atom stereocenters. The van der Waals surface area contributed by atoms with E-state index >= 15 is 0 Å². The van der Waals surface area contributed by atoms with Gasteiger partial charge in [-0.25, -0.2) is 4.79 Å². The normalized spacial score (nSPS) is 59.5. The molecule has 5 aliphatic rings. The fourth-order valence-corrected chi connectivity index (χ4v) is 5.65. The first-order valence-corrected chi connectivity index (χ1v) is 8.28. The molecule has 5 rings (SSSR count). The minimum Gasteiger partial charge on any atom is -0.462 e. The van der Waals surface area contributed by atoms with Crippen molar-refractivity contribution in [2.45, 2.75) is 68.4 Å². The summed E-state index contributed by atoms with van der Waals surface area (Å²) >= 11 is 0. The van der Waals surface area contributed by atoms with E-state index in [-0.39, 0.29) is 30.1 Å². The second-order valence-corrected chi connectivity index (χ2v) is 8.08. The van der Waals surface area contributed by atoms with Crippen LogP contribution >= 0.6 is 0 Å². The first-order valence-electron chi connectivity index (χ1n) is 8.28. The number of rotatable bonds is 1. The molecule has 5 fully saturated rings. The fourth-order valence-electron chi connectivity index (χ4n) is 5.65. The Hall–Kier alpha value is -1.44. The Balaban J connectivity index is 1.65. The summed E-state index contributed by atoms with van der Waals surface area (Å²) in [5.41, 5.74) is -2.26. The van der Waals surface area contributed by atoms with E-state index in [1.165, 1.54) is 6.92 Å². The highest BCUT2D eigenvalue weighted by Crippen LogP contribution is 2.75. The van der Waals surface area contributed by atoms with Crippen molar-refractivity contribution in [3.63, 3.8) is 0 Å². The van der Waals surface area contributed by atoms with Crippen LogP contribution < -0.4 is 0 Å². The van der Waals surface area contributed by atoms with Crippen molar-refractivity contribution in [2.75, 3.05) is 0 Å². The highest BCUT2D eigenvalue weighted by atomic mass is 16.7. The van der Waals surface area contributed by atoms with Gasteiger partial charge in [-0.3, -0.25) is 4.79 Å². The van der Waals surface area contributed by atoms with Gasteiger partial charge in [-0.05, 0) is 13.8 Å². The first-order chi connectivity index (χ1) is 11.1. The largest absolute Gasteiger partial charge is 0.462 e. The van der Waals surface area contributed by atoms with Crippen molar-refractivity contribution in [3.8, 4) is 0 Å². The van der Waals surface area contributed by atoms with Gasteiger partial charge < -0.3 is 24.1 Å². The SMILES string of the molecule is C=C1C(=O)OC2C3[C@@]4(C)O[C@H]4[C@H]4O[C@@]34[C@](C)(O)CC(OC(C)=O)[C@@H]12. The van der Waals surface area contributed by atoms with E-state index in [1.54, 1.807) is 6.92 Å². The predicted octanol–water partition coefficient (Wildman–Crippen LogP) is 0.0955. The zero-order chi connectivity index (χ0) is 17.2. The fraction of sp³-hybridized carbons (Fsp3) is 0.765. The molecule has 1 N–H and O–H groups in total. The van der Waals surface area contributed by atoms with Gasteiger partial charge in [0.25, 0.3) is 0 Å². The summed E-state index contributed by atoms with van der Waals surface area (Å²) in [5, 5.41) is 11.2. The minimum absolute atomic E-state index is 0.0903. The zero-order valence-corrected chi connectivity index (χ0v) is 13.8. The maximum atomic E-state index is 12.2. The lowest BCUT2D eigenvalue weighted by Crippen LogP contribution is -2.53. The van der Waals surface area contributed by atoms with Crippen LogP contribution in [0.1, 0.15) is 27.2 Å². The van der Waals surface area contributed by atoms with Crippen LogP contribution in [0.3, 0.4) is 0 Å². The van der Waals surface area contributed by atoms with Crippen LogP contribution in [0.25, 0.3) is 0 Å². The third kappa shape index (κ3) is 1.41. The highest BCUT2D eigenvalue weighted by Gasteiger charge is 2.93. The monoisotopic (exact) mass is 336 g/mol. The van der Waals surface area contributed by atoms with Crippen LogP contribution in [0.2, 0.25) is 0 Å². The Morgan fingerprint density at radius 1 is 1.33 bits per heavy atom. The van der Waals surface area contributed by atoms with Gasteiger partial charge in [-0.15, -0.1) is 0 Å². The number of esters is 2. The molecular formula is C17H20O7. The number of carbonyl (C=O) groups excluding carboxylic acids is 2. The molecule has 0 amide bonds. The average molecular weight is 336 g/mol. The van der Waals surface area contributed by atoms with Crippen molar-refractivity contribution in [2.24, 2.45) is 11.8 Å². The standard InChI is InChI=1S/C17H20O7/c1-6-9-8(21-7(2)18)5-15(3,20)17-11(10(9)22-14(6)19)16(4)12(23-16)13(17)24-17/h8-13,20H,1,5H2,2-4H3/t8?,9-,10?,11?,12+,13-,15-,16-,17+/m1/s1. The molecule has 0 aromatic carbocycles. The summed E-state index contributed by atoms with van der Waals surface area (Å²) in [5.74, 6) is -1.76. The van der Waals surface area contributed by atoms with Gasteiger partial charge in [0.2, 0.25) is 0 Å². The molecule has 7 nitrogen and oxygen atoms in total. The molecule has 0 radical (unpaired) electrons. The minimum atomic E-state index is -1.22. The Morgan fingerprint density at radius 3 is 2.71 bits per heavy atom. The molecule has 7 heteroatoms. The average Bonchev–Trinajstić information content (AvgIpc) is 3.29. The Morgan fingerprint density at radius 2 is 2.04 bits per heavy atom. The maximum absolute atomic E-state index is 12.2. The highest BCUT2D eigenvalue weighted by molar-refractivity contribution is 5.91. The van der Waals surface area contributed by atoms with E-state index in [1.807, 2.05) is 6.92 Å². The molecule has 2 saturated carbocycles. The molecule has 0 aromatic heterocycles. The van der Waals surface area contributed by atoms with Crippen LogP contribution in [-0.2, 0) is 28.5 Å². The molecule has 24 heavy (non-hydrogen) atoms. The summed E-state index contributed by atoms with van der Waals surface area (Å²) in [6.45, 7) is 8.83. The summed E-state index contributed by atoms with van der Waals surface area (Å²) < 4.78 is 22.9. The van der Waals surface area contributed by atoms with Crippen molar-refractivity contribution in [3.05, 3.63) is 12.2 Å². The number of carbonyl (C=O) groups is 2. The number of fused-ring (bicyclic) bond motifs is 5. The molecule has 3 unspecified atom stereocenters. The number of aliphatic hydroxyl groups is 1. The molecule has 0 bridgehead atoms. The Kier molecular flexibility index (Phi) is 2.39. The lowest BCUT2D eigenvalue weighted by Gasteiger charge is -2.36. The zero-order valence-electron chi connectivity index (χ0n) is 13.8. The van der Waals surface area contributed by atoms with Gasteiger partial charge in [0.15, 0.2) is 0 Å². The topological polar surface area (TPSA) is 97.9 Å². The Labute approximate surface area is 138 Å². The van der Waals surface area contributed by atoms with Crippen LogP contribution in [0, 0.1) is 11.8 Å². The van der Waals surface area contributed by atoms with Crippen LogP contribution in [0.5, 0.6) is 0 Å². The summed E-state index contributed by atoms with van der Waals surface area (Å²) in [7, 11) is 0. The van der Waals surface area contributed by atoms with Gasteiger partial charge in [0, 0.05) is 18.9 Å². The molecular weight excluding hydrogens is 316 g/mol. The van der Waals surface area contributed by atoms with Crippen molar-refractivity contribution in [1.82, 2.24) is 0 Å². The van der Waals surface area contributed by atoms with Gasteiger partial charge in [0.05, 0.1) is 17.4 Å². The van der Waals surface area contributed by atoms with E-state index in [4.69, 9.17) is 18.9 Å². The molecule has 3 aliphatic heterocycles. The summed E-state index contributed by atoms with van der Waals surface area (Å²) in [6, 6.07) is 0. The lowest BCUT2D eigenvalue weighted by atomic mass is 9.74. The van der Waals surface area contributed by atoms with E-state index in [2.05, 4.69) is 6.58 Å². The second-order valence-electron chi connectivity index (χ2n) is 8.08. The maximum Gasteiger partial charge on any atom is 0.334 e. The molecule has 0 aromatic rings. The first kappa shape index (κ1) is 14.9. The lowest BCUT2D eigenvalue weighted by molar-refractivity contribution is -0.152. The molecule has 2 aliphatic carbocycles. The van der Waals surface area contributed by atoms with E-state index in [0.29, 0.717) is 0 Å². The van der Waals surface area contributed by atoms with Gasteiger partial charge in [0.1, 0.15) is 35.6 Å². The van der Waals surface area contributed by atoms with E-state index in [9.17, 15) is 14.7 Å². The molecule has 3 saturated heterocycles. The number of ether oxygens (including phenoxy) is 4. The van der Waals surface area contributed by atoms with E-state index in [0.717, 1.165) is 0 Å². The summed E-state index contributed by atoms with van der Waals surface area (Å²) in [6.07, 6.45) is -1.41. The quantitative estimate of drug-likeness (QED) is 0.412. The third-order valence-electron chi connectivity index (χ3n) is 6.68. The number of hydrogen-bond acceptors (Lipinski definition) is 7. The summed E-state index contributed by atoms with van der Waals surface area (Å²) in [4.78, 5) is 23.7. The van der Waals surface area contributed by atoms with Gasteiger partial charge in [-0.2, -0.15) is 0 Å². The van der Waals surface area contributed by atoms with Crippen LogP contribution in [0.4, 0.5) is 0 Å². The second kappa shape index (κ2) is 3.86. The van der Waals surface area contributed by atoms with E-state index < -0.39 is 46.9 Å². The van der Waals surface area contributed by atoms with Crippen molar-refractivity contribution < 1.29 is 33.6 Å². The molecule has 130 valence electrons. The van der Waals surface area contributed by atoms with Gasteiger partial charge >= 0.3 is 11.9 Å². The van der Waals surface area contributed by atoms with Gasteiger partial charge in [-0.1, -0.05) is 6.58 Å². The smallest absolute Gasteiger partial charge is 0.334 e. The predicted molar refractivity (Wildman–Crippen MR) is 77.7 cm³/mol. The van der Waals surface area contributed by atoms with Crippen molar-refractivity contribution in [1.29, 1.82) is 0 Å². The van der Waals surface area contributed by atoms with Crippen LogP contribution in [-0.4, -0.2) is 58.3 Å². The number of hydrogen-bond donors (Lipinski definition) is 1. The van der Waals surface area contributed by atoms with Crippen molar-refractivity contribution >= 4 is 11.9 Å². The Bertz CT molecular complexity index is 699.